The molecule has 0 N–H and O–H groups in total. The summed E-state index contributed by atoms with van der Waals surface area (Å²) in [6, 6.07) is 13.5. The number of aryl methyl sites for hydroxylation is 2. The van der Waals surface area contributed by atoms with Crippen LogP contribution in [0.5, 0.6) is 0 Å². The molecule has 1 saturated heterocycles. The Hall–Kier alpha value is -3.72. The summed E-state index contributed by atoms with van der Waals surface area (Å²) in [6.07, 6.45) is 0. The van der Waals surface area contributed by atoms with E-state index in [2.05, 4.69) is 4.90 Å². The number of carbonyl (C=O) groups excluding carboxylic acids is 1. The minimum Gasteiger partial charge on any atom is -0.368 e. The molecule has 0 saturated carbocycles. The highest BCUT2D eigenvalue weighted by Gasteiger charge is 2.24. The van der Waals surface area contributed by atoms with Gasteiger partial charge < -0.3 is 9.80 Å². The Bertz CT molecular complexity index is 1530. The molecule has 0 aliphatic carbocycles. The van der Waals surface area contributed by atoms with Gasteiger partial charge in [-0.15, -0.1) is 11.3 Å². The van der Waals surface area contributed by atoms with Gasteiger partial charge in [-0.1, -0.05) is 6.07 Å². The van der Waals surface area contributed by atoms with Crippen LogP contribution in [0.15, 0.2) is 63.5 Å². The highest BCUT2D eigenvalue weighted by Crippen LogP contribution is 2.19. The number of hydrogen-bond acceptors (Lipinski definition) is 5. The van der Waals surface area contributed by atoms with Crippen LogP contribution >= 0.6 is 11.3 Å². The van der Waals surface area contributed by atoms with E-state index in [4.69, 9.17) is 0 Å². The number of benzene rings is 2. The van der Waals surface area contributed by atoms with Crippen molar-refractivity contribution in [2.75, 3.05) is 31.1 Å². The molecule has 0 atom stereocenters. The van der Waals surface area contributed by atoms with Crippen LogP contribution in [0.25, 0.3) is 15.9 Å². The number of amides is 1. The van der Waals surface area contributed by atoms with Crippen LogP contribution in [-0.4, -0.2) is 46.1 Å². The van der Waals surface area contributed by atoms with E-state index >= 15 is 0 Å². The largest absolute Gasteiger partial charge is 0.368 e. The molecule has 9 heteroatoms. The first kappa shape index (κ1) is 23.0. The van der Waals surface area contributed by atoms with Gasteiger partial charge in [0.25, 0.3) is 5.56 Å². The fourth-order valence-corrected chi connectivity index (χ4v) is 5.26. The van der Waals surface area contributed by atoms with Gasteiger partial charge in [-0.2, -0.15) is 0 Å². The molecular formula is C26H25FN4O3S. The van der Waals surface area contributed by atoms with Crippen molar-refractivity contribution in [2.24, 2.45) is 0 Å². The van der Waals surface area contributed by atoms with Crippen LogP contribution < -0.4 is 16.1 Å². The molecule has 2 aromatic carbocycles. The average Bonchev–Trinajstić information content (AvgIpc) is 3.35. The molecule has 3 heterocycles. The SMILES string of the molecule is Cc1ccc(-n2c(=O)c3sccc3n(CC(=O)N3CCN(c4ccc(F)cc4)CC3)c2=O)cc1C. The summed E-state index contributed by atoms with van der Waals surface area (Å²) < 4.78 is 16.2. The molecule has 1 aliphatic rings. The highest BCUT2D eigenvalue weighted by atomic mass is 32.1. The molecule has 5 rings (SSSR count). The van der Waals surface area contributed by atoms with Gasteiger partial charge in [-0.3, -0.25) is 14.2 Å². The zero-order valence-corrected chi connectivity index (χ0v) is 20.3. The number of anilines is 1. The van der Waals surface area contributed by atoms with Gasteiger partial charge in [0.2, 0.25) is 5.91 Å². The second kappa shape index (κ2) is 9.14. The van der Waals surface area contributed by atoms with Crippen LogP contribution in [0, 0.1) is 19.7 Å². The van der Waals surface area contributed by atoms with Crippen molar-refractivity contribution in [3.8, 4) is 5.69 Å². The number of nitrogens with zero attached hydrogens (tertiary/aromatic N) is 4. The van der Waals surface area contributed by atoms with Gasteiger partial charge >= 0.3 is 5.69 Å². The molecule has 0 spiro atoms. The van der Waals surface area contributed by atoms with Crippen LogP contribution in [0.4, 0.5) is 10.1 Å². The quantitative estimate of drug-likeness (QED) is 0.438. The maximum Gasteiger partial charge on any atom is 0.336 e. The molecule has 1 amide bonds. The molecule has 180 valence electrons. The second-order valence-corrected chi connectivity index (χ2v) is 9.67. The smallest absolute Gasteiger partial charge is 0.336 e. The predicted molar refractivity (Wildman–Crippen MR) is 136 cm³/mol. The number of thiophene rings is 1. The van der Waals surface area contributed by atoms with E-state index in [0.717, 1.165) is 21.4 Å². The number of fused-ring (bicyclic) bond motifs is 1. The van der Waals surface area contributed by atoms with Crippen molar-refractivity contribution < 1.29 is 9.18 Å². The Morgan fingerprint density at radius 1 is 0.914 bits per heavy atom. The molecular weight excluding hydrogens is 467 g/mol. The monoisotopic (exact) mass is 492 g/mol. The standard InChI is InChI=1S/C26H25FN4O3S/c1-17-3-6-21(15-18(17)2)31-25(33)24-22(9-14-35-24)30(26(31)34)16-23(32)29-12-10-28(11-13-29)20-7-4-19(27)5-8-20/h3-9,14-15H,10-13,16H2,1-2H3. The third kappa shape index (κ3) is 4.27. The van der Waals surface area contributed by atoms with Gasteiger partial charge in [0.1, 0.15) is 17.1 Å². The molecule has 0 bridgehead atoms. The topological polar surface area (TPSA) is 67.6 Å². The zero-order chi connectivity index (χ0) is 24.7. The fraction of sp³-hybridized carbons (Fsp3) is 0.269. The summed E-state index contributed by atoms with van der Waals surface area (Å²) in [4.78, 5) is 43.7. The Kier molecular flexibility index (Phi) is 6.02. The third-order valence-electron chi connectivity index (χ3n) is 6.62. The van der Waals surface area contributed by atoms with Gasteiger partial charge in [0.15, 0.2) is 0 Å². The van der Waals surface area contributed by atoms with E-state index in [1.165, 1.54) is 28.0 Å². The molecule has 4 aromatic rings. The molecule has 35 heavy (non-hydrogen) atoms. The first-order valence-electron chi connectivity index (χ1n) is 11.4. The van der Waals surface area contributed by atoms with Gasteiger partial charge in [-0.05, 0) is 72.8 Å². The van der Waals surface area contributed by atoms with E-state index in [1.807, 2.05) is 26.0 Å². The van der Waals surface area contributed by atoms with Crippen molar-refractivity contribution in [1.82, 2.24) is 14.0 Å². The number of aromatic nitrogens is 2. The lowest BCUT2D eigenvalue weighted by Gasteiger charge is -2.36. The Morgan fingerprint density at radius 2 is 1.60 bits per heavy atom. The van der Waals surface area contributed by atoms with Crippen LogP contribution in [-0.2, 0) is 11.3 Å². The first-order valence-corrected chi connectivity index (χ1v) is 12.3. The summed E-state index contributed by atoms with van der Waals surface area (Å²) in [6.45, 7) is 5.97. The average molecular weight is 493 g/mol. The van der Waals surface area contributed by atoms with Crippen molar-refractivity contribution in [3.05, 3.63) is 91.7 Å². The summed E-state index contributed by atoms with van der Waals surface area (Å²) in [5, 5.41) is 1.76. The summed E-state index contributed by atoms with van der Waals surface area (Å²) in [5.41, 5.74) is 3.02. The van der Waals surface area contributed by atoms with Crippen molar-refractivity contribution in [2.45, 2.75) is 20.4 Å². The van der Waals surface area contributed by atoms with Crippen LogP contribution in [0.2, 0.25) is 0 Å². The molecule has 2 aromatic heterocycles. The van der Waals surface area contributed by atoms with Crippen LogP contribution in [0.3, 0.4) is 0 Å². The first-order chi connectivity index (χ1) is 16.8. The predicted octanol–water partition coefficient (Wildman–Crippen LogP) is 3.32. The molecule has 0 radical (unpaired) electrons. The fourth-order valence-electron chi connectivity index (χ4n) is 4.43. The Morgan fingerprint density at radius 3 is 2.29 bits per heavy atom. The number of piperazine rings is 1. The maximum absolute atomic E-state index is 13.5. The minimum absolute atomic E-state index is 0.145. The molecule has 7 nitrogen and oxygen atoms in total. The Labute approximate surface area is 205 Å². The molecule has 1 aliphatic heterocycles. The van der Waals surface area contributed by atoms with E-state index in [1.54, 1.807) is 34.5 Å². The zero-order valence-electron chi connectivity index (χ0n) is 19.5. The number of rotatable bonds is 4. The van der Waals surface area contributed by atoms with Crippen molar-refractivity contribution >= 4 is 33.1 Å². The highest BCUT2D eigenvalue weighted by molar-refractivity contribution is 7.17. The summed E-state index contributed by atoms with van der Waals surface area (Å²) in [7, 11) is 0. The van der Waals surface area contributed by atoms with Crippen molar-refractivity contribution in [1.29, 1.82) is 0 Å². The number of hydrogen-bond donors (Lipinski definition) is 0. The lowest BCUT2D eigenvalue weighted by Crippen LogP contribution is -2.50. The van der Waals surface area contributed by atoms with E-state index in [-0.39, 0.29) is 23.8 Å². The minimum atomic E-state index is -0.526. The van der Waals surface area contributed by atoms with Gasteiger partial charge in [0.05, 0.1) is 11.2 Å². The van der Waals surface area contributed by atoms with Gasteiger partial charge in [-0.25, -0.2) is 13.8 Å². The van der Waals surface area contributed by atoms with E-state index < -0.39 is 5.69 Å². The summed E-state index contributed by atoms with van der Waals surface area (Å²) in [5.74, 6) is -0.460. The van der Waals surface area contributed by atoms with Crippen molar-refractivity contribution in [3.63, 3.8) is 0 Å². The maximum atomic E-state index is 13.5. The summed E-state index contributed by atoms with van der Waals surface area (Å²) >= 11 is 1.26. The third-order valence-corrected chi connectivity index (χ3v) is 7.51. The van der Waals surface area contributed by atoms with Gasteiger partial charge in [0, 0.05) is 31.9 Å². The van der Waals surface area contributed by atoms with E-state index in [0.29, 0.717) is 42.1 Å². The number of halogens is 1. The van der Waals surface area contributed by atoms with E-state index in [9.17, 15) is 18.8 Å². The molecule has 1 fully saturated rings. The number of carbonyl (C=O) groups is 1. The lowest BCUT2D eigenvalue weighted by molar-refractivity contribution is -0.132. The molecule has 0 unspecified atom stereocenters. The lowest BCUT2D eigenvalue weighted by atomic mass is 10.1. The normalized spacial score (nSPS) is 14.0. The second-order valence-electron chi connectivity index (χ2n) is 8.76. The van der Waals surface area contributed by atoms with Crippen LogP contribution in [0.1, 0.15) is 11.1 Å². The Balaban J connectivity index is 1.42.